The highest BCUT2D eigenvalue weighted by molar-refractivity contribution is 5.24. The standard InChI is InChI=1S/C15H22F2N2O/c1-3-18-15(12-9-11(16)5-6-13(12)17)14-10-19(4-2)7-8-20-14/h5-6,9,14-15,18H,3-4,7-8,10H2,1-2H3. The van der Waals surface area contributed by atoms with Crippen LogP contribution in [0.15, 0.2) is 18.2 Å². The topological polar surface area (TPSA) is 24.5 Å². The van der Waals surface area contributed by atoms with Crippen molar-refractivity contribution in [2.24, 2.45) is 0 Å². The number of morpholine rings is 1. The lowest BCUT2D eigenvalue weighted by atomic mass is 9.99. The molecule has 0 radical (unpaired) electrons. The van der Waals surface area contributed by atoms with E-state index < -0.39 is 11.6 Å². The monoisotopic (exact) mass is 284 g/mol. The fourth-order valence-electron chi connectivity index (χ4n) is 2.64. The van der Waals surface area contributed by atoms with Crippen LogP contribution in [0, 0.1) is 11.6 Å². The van der Waals surface area contributed by atoms with Crippen LogP contribution in [0.25, 0.3) is 0 Å². The maximum absolute atomic E-state index is 14.0. The van der Waals surface area contributed by atoms with E-state index in [0.29, 0.717) is 18.7 Å². The van der Waals surface area contributed by atoms with Gasteiger partial charge in [-0.15, -0.1) is 0 Å². The quantitative estimate of drug-likeness (QED) is 0.898. The first-order valence-corrected chi connectivity index (χ1v) is 7.18. The normalized spacial score (nSPS) is 21.9. The molecule has 1 aromatic carbocycles. The lowest BCUT2D eigenvalue weighted by Crippen LogP contribution is -2.48. The molecule has 0 spiro atoms. The Morgan fingerprint density at radius 1 is 1.40 bits per heavy atom. The summed E-state index contributed by atoms with van der Waals surface area (Å²) in [5, 5.41) is 3.22. The molecule has 2 atom stereocenters. The Morgan fingerprint density at radius 3 is 2.90 bits per heavy atom. The van der Waals surface area contributed by atoms with E-state index in [-0.39, 0.29) is 12.1 Å². The van der Waals surface area contributed by atoms with Gasteiger partial charge in [-0.3, -0.25) is 4.90 Å². The SMILES string of the molecule is CCNC(c1cc(F)ccc1F)C1CN(CC)CCO1. The number of ether oxygens (including phenoxy) is 1. The van der Waals surface area contributed by atoms with E-state index >= 15 is 0 Å². The molecule has 1 aliphatic heterocycles. The molecule has 0 amide bonds. The number of likely N-dealkylation sites (N-methyl/N-ethyl adjacent to an activating group) is 2. The minimum Gasteiger partial charge on any atom is -0.374 e. The summed E-state index contributed by atoms with van der Waals surface area (Å²) < 4.78 is 33.2. The molecule has 3 nitrogen and oxygen atoms in total. The average Bonchev–Trinajstić information content (AvgIpc) is 2.47. The summed E-state index contributed by atoms with van der Waals surface area (Å²) in [5.74, 6) is -0.818. The van der Waals surface area contributed by atoms with Gasteiger partial charge < -0.3 is 10.1 Å². The third-order valence-electron chi connectivity index (χ3n) is 3.71. The molecule has 1 fully saturated rings. The van der Waals surface area contributed by atoms with Crippen LogP contribution in [0.3, 0.4) is 0 Å². The van der Waals surface area contributed by atoms with Gasteiger partial charge in [-0.2, -0.15) is 0 Å². The fourth-order valence-corrected chi connectivity index (χ4v) is 2.64. The van der Waals surface area contributed by atoms with Crippen molar-refractivity contribution in [2.75, 3.05) is 32.8 Å². The predicted molar refractivity (Wildman–Crippen MR) is 74.6 cm³/mol. The third-order valence-corrected chi connectivity index (χ3v) is 3.71. The predicted octanol–water partition coefficient (Wildman–Crippen LogP) is 2.34. The zero-order valence-corrected chi connectivity index (χ0v) is 12.0. The molecule has 0 aliphatic carbocycles. The van der Waals surface area contributed by atoms with E-state index in [1.807, 2.05) is 6.92 Å². The highest BCUT2D eigenvalue weighted by Gasteiger charge is 2.30. The molecule has 5 heteroatoms. The Morgan fingerprint density at radius 2 is 2.20 bits per heavy atom. The molecule has 1 aromatic rings. The van der Waals surface area contributed by atoms with Gasteiger partial charge in [-0.1, -0.05) is 13.8 Å². The third kappa shape index (κ3) is 3.53. The van der Waals surface area contributed by atoms with E-state index in [4.69, 9.17) is 4.74 Å². The largest absolute Gasteiger partial charge is 0.374 e. The van der Waals surface area contributed by atoms with Gasteiger partial charge in [-0.05, 0) is 31.3 Å². The molecule has 112 valence electrons. The highest BCUT2D eigenvalue weighted by atomic mass is 19.1. The summed E-state index contributed by atoms with van der Waals surface area (Å²) in [4.78, 5) is 2.26. The smallest absolute Gasteiger partial charge is 0.128 e. The Labute approximate surface area is 118 Å². The first-order valence-electron chi connectivity index (χ1n) is 7.18. The van der Waals surface area contributed by atoms with Crippen LogP contribution in [0.2, 0.25) is 0 Å². The molecule has 0 bridgehead atoms. The van der Waals surface area contributed by atoms with Gasteiger partial charge in [0.15, 0.2) is 0 Å². The molecule has 1 aliphatic rings. The van der Waals surface area contributed by atoms with Gasteiger partial charge in [0.2, 0.25) is 0 Å². The lowest BCUT2D eigenvalue weighted by molar-refractivity contribution is -0.0459. The minimum atomic E-state index is -0.424. The van der Waals surface area contributed by atoms with Crippen molar-refractivity contribution in [1.29, 1.82) is 0 Å². The second kappa shape index (κ2) is 7.11. The maximum Gasteiger partial charge on any atom is 0.128 e. The van der Waals surface area contributed by atoms with Crippen LogP contribution in [-0.4, -0.2) is 43.8 Å². The van der Waals surface area contributed by atoms with Crippen molar-refractivity contribution < 1.29 is 13.5 Å². The molecule has 20 heavy (non-hydrogen) atoms. The summed E-state index contributed by atoms with van der Waals surface area (Å²) in [7, 11) is 0. The first-order chi connectivity index (χ1) is 9.65. The molecule has 2 unspecified atom stereocenters. The Hall–Kier alpha value is -1.04. The van der Waals surface area contributed by atoms with Gasteiger partial charge in [-0.25, -0.2) is 8.78 Å². The van der Waals surface area contributed by atoms with Crippen molar-refractivity contribution in [1.82, 2.24) is 10.2 Å². The van der Waals surface area contributed by atoms with E-state index in [9.17, 15) is 8.78 Å². The van der Waals surface area contributed by atoms with Gasteiger partial charge in [0.25, 0.3) is 0 Å². The van der Waals surface area contributed by atoms with Crippen molar-refractivity contribution in [3.05, 3.63) is 35.4 Å². The zero-order chi connectivity index (χ0) is 14.5. The molecule has 0 saturated carbocycles. The van der Waals surface area contributed by atoms with Crippen LogP contribution in [0.4, 0.5) is 8.78 Å². The highest BCUT2D eigenvalue weighted by Crippen LogP contribution is 2.25. The Balaban J connectivity index is 2.23. The molecule has 2 rings (SSSR count). The van der Waals surface area contributed by atoms with Crippen molar-refractivity contribution >= 4 is 0 Å². The van der Waals surface area contributed by atoms with Crippen molar-refractivity contribution in [2.45, 2.75) is 26.0 Å². The second-order valence-electron chi connectivity index (χ2n) is 5.00. The summed E-state index contributed by atoms with van der Waals surface area (Å²) in [6.45, 7) is 7.88. The molecule has 1 N–H and O–H groups in total. The summed E-state index contributed by atoms with van der Waals surface area (Å²) in [6, 6.07) is 3.25. The van der Waals surface area contributed by atoms with Crippen LogP contribution in [0.1, 0.15) is 25.5 Å². The summed E-state index contributed by atoms with van der Waals surface area (Å²) >= 11 is 0. The van der Waals surface area contributed by atoms with Gasteiger partial charge in [0, 0.05) is 18.7 Å². The number of rotatable bonds is 5. The van der Waals surface area contributed by atoms with Crippen molar-refractivity contribution in [3.63, 3.8) is 0 Å². The number of nitrogens with one attached hydrogen (secondary N) is 1. The number of benzene rings is 1. The van der Waals surface area contributed by atoms with Crippen molar-refractivity contribution in [3.8, 4) is 0 Å². The number of hydrogen-bond acceptors (Lipinski definition) is 3. The summed E-state index contributed by atoms with van der Waals surface area (Å²) in [6.07, 6.45) is -0.167. The van der Waals surface area contributed by atoms with Gasteiger partial charge >= 0.3 is 0 Å². The maximum atomic E-state index is 14.0. The minimum absolute atomic E-state index is 0.167. The Bertz CT molecular complexity index is 442. The fraction of sp³-hybridized carbons (Fsp3) is 0.600. The van der Waals surface area contributed by atoms with E-state index in [2.05, 4.69) is 17.1 Å². The average molecular weight is 284 g/mol. The number of hydrogen-bond donors (Lipinski definition) is 1. The Kier molecular flexibility index (Phi) is 5.46. The first kappa shape index (κ1) is 15.4. The van der Waals surface area contributed by atoms with E-state index in [1.54, 1.807) is 0 Å². The van der Waals surface area contributed by atoms with Crippen LogP contribution >= 0.6 is 0 Å². The second-order valence-corrected chi connectivity index (χ2v) is 5.00. The molecule has 1 saturated heterocycles. The van der Waals surface area contributed by atoms with Gasteiger partial charge in [0.1, 0.15) is 11.6 Å². The molecule has 1 heterocycles. The summed E-state index contributed by atoms with van der Waals surface area (Å²) in [5.41, 5.74) is 0.342. The van der Waals surface area contributed by atoms with Crippen LogP contribution in [0.5, 0.6) is 0 Å². The van der Waals surface area contributed by atoms with E-state index in [0.717, 1.165) is 25.7 Å². The molecule has 0 aromatic heterocycles. The van der Waals surface area contributed by atoms with Crippen LogP contribution in [-0.2, 0) is 4.74 Å². The molecular formula is C15H22F2N2O. The molecular weight excluding hydrogens is 262 g/mol. The number of nitrogens with zero attached hydrogens (tertiary/aromatic N) is 1. The lowest BCUT2D eigenvalue weighted by Gasteiger charge is -2.37. The van der Waals surface area contributed by atoms with Crippen LogP contribution < -0.4 is 5.32 Å². The number of halogens is 2. The van der Waals surface area contributed by atoms with Gasteiger partial charge in [0.05, 0.1) is 18.8 Å². The zero-order valence-electron chi connectivity index (χ0n) is 12.0. The van der Waals surface area contributed by atoms with E-state index in [1.165, 1.54) is 12.1 Å².